The Morgan fingerprint density at radius 1 is 1.19 bits per heavy atom. The highest BCUT2D eigenvalue weighted by molar-refractivity contribution is 7.19. The molecule has 0 aliphatic carbocycles. The lowest BCUT2D eigenvalue weighted by Crippen LogP contribution is -2.09. The summed E-state index contributed by atoms with van der Waals surface area (Å²) in [6.07, 6.45) is 8.36. The number of aromatic nitrogens is 6. The van der Waals surface area contributed by atoms with Gasteiger partial charge in [0.1, 0.15) is 5.52 Å². The molecule has 0 unspecified atom stereocenters. The third-order valence-corrected chi connectivity index (χ3v) is 7.01. The Morgan fingerprint density at radius 3 is 2.78 bits per heavy atom. The number of fused-ring (bicyclic) bond motifs is 2. The second-order valence-electron chi connectivity index (χ2n) is 8.04. The summed E-state index contributed by atoms with van der Waals surface area (Å²) in [5.41, 5.74) is 8.09. The molecule has 7 nitrogen and oxygen atoms in total. The number of aromatic amines is 2. The number of rotatable bonds is 8. The van der Waals surface area contributed by atoms with E-state index in [9.17, 15) is 0 Å². The lowest BCUT2D eigenvalue weighted by atomic mass is 10.1. The summed E-state index contributed by atoms with van der Waals surface area (Å²) in [6, 6.07) is 9.77. The fourth-order valence-corrected chi connectivity index (χ4v) is 4.90. The average molecular weight is 514 g/mol. The van der Waals surface area contributed by atoms with E-state index in [-0.39, 0.29) is 0 Å². The Morgan fingerprint density at radius 2 is 2.06 bits per heavy atom. The average Bonchev–Trinajstić information content (AvgIpc) is 3.63. The van der Waals surface area contributed by atoms with Gasteiger partial charge in [0.25, 0.3) is 0 Å². The molecular formula is C27H24ClN7S. The molecule has 36 heavy (non-hydrogen) atoms. The number of halogens is 1. The number of nitrogens with one attached hydrogen (secondary N) is 3. The van der Waals surface area contributed by atoms with Gasteiger partial charge in [-0.2, -0.15) is 5.10 Å². The van der Waals surface area contributed by atoms with Crippen LogP contribution in [0.3, 0.4) is 0 Å². The molecule has 0 spiro atoms. The first-order valence-electron chi connectivity index (χ1n) is 11.4. The van der Waals surface area contributed by atoms with Crippen LogP contribution in [-0.2, 0) is 0 Å². The molecule has 0 saturated heterocycles. The van der Waals surface area contributed by atoms with Gasteiger partial charge in [-0.1, -0.05) is 37.8 Å². The molecule has 3 N–H and O–H groups in total. The first-order chi connectivity index (χ1) is 17.5. The number of hydrogen-bond donors (Lipinski definition) is 3. The van der Waals surface area contributed by atoms with Crippen LogP contribution in [0.1, 0.15) is 26.0 Å². The predicted octanol–water partition coefficient (Wildman–Crippen LogP) is 7.26. The van der Waals surface area contributed by atoms with Gasteiger partial charge in [-0.25, -0.2) is 15.0 Å². The molecule has 0 atom stereocenters. The van der Waals surface area contributed by atoms with Gasteiger partial charge in [0.05, 0.1) is 21.1 Å². The monoisotopic (exact) mass is 513 g/mol. The molecule has 0 saturated carbocycles. The van der Waals surface area contributed by atoms with Crippen molar-refractivity contribution in [3.8, 4) is 22.0 Å². The van der Waals surface area contributed by atoms with Gasteiger partial charge in [-0.15, -0.1) is 11.3 Å². The smallest absolute Gasteiger partial charge is 0.178 e. The van der Waals surface area contributed by atoms with Gasteiger partial charge >= 0.3 is 0 Å². The van der Waals surface area contributed by atoms with Crippen LogP contribution in [0, 0.1) is 0 Å². The number of thiophene rings is 1. The molecule has 5 aromatic rings. The minimum Gasteiger partial charge on any atom is -0.359 e. The van der Waals surface area contributed by atoms with Crippen molar-refractivity contribution >= 4 is 50.7 Å². The second kappa shape index (κ2) is 9.93. The summed E-state index contributed by atoms with van der Waals surface area (Å²) >= 11 is 7.68. The molecule has 5 heterocycles. The summed E-state index contributed by atoms with van der Waals surface area (Å²) in [6.45, 7) is 12.0. The van der Waals surface area contributed by atoms with Gasteiger partial charge in [0, 0.05) is 28.0 Å². The molecule has 180 valence electrons. The van der Waals surface area contributed by atoms with Crippen molar-refractivity contribution in [2.24, 2.45) is 0 Å². The van der Waals surface area contributed by atoms with Crippen molar-refractivity contribution < 1.29 is 0 Å². The lowest BCUT2D eigenvalue weighted by molar-refractivity contribution is 0.920. The molecule has 0 aliphatic rings. The Kier molecular flexibility index (Phi) is 6.54. The molecule has 0 radical (unpaired) electrons. The van der Waals surface area contributed by atoms with Crippen molar-refractivity contribution in [3.63, 3.8) is 0 Å². The first-order valence-corrected chi connectivity index (χ1v) is 12.6. The number of imidazole rings is 1. The van der Waals surface area contributed by atoms with E-state index in [4.69, 9.17) is 21.6 Å². The highest BCUT2D eigenvalue weighted by atomic mass is 35.5. The summed E-state index contributed by atoms with van der Waals surface area (Å²) < 4.78 is 0.729. The molecule has 5 rings (SSSR count). The molecule has 0 bridgehead atoms. The number of pyridine rings is 2. The number of H-pyrrole nitrogens is 2. The summed E-state index contributed by atoms with van der Waals surface area (Å²) in [5, 5.41) is 10.9. The van der Waals surface area contributed by atoms with Crippen LogP contribution in [0.2, 0.25) is 4.34 Å². The maximum absolute atomic E-state index is 6.17. The summed E-state index contributed by atoms with van der Waals surface area (Å²) in [7, 11) is 0. The van der Waals surface area contributed by atoms with Crippen molar-refractivity contribution in [1.29, 1.82) is 0 Å². The molecule has 9 heteroatoms. The lowest BCUT2D eigenvalue weighted by Gasteiger charge is -2.10. The number of nitrogens with zero attached hydrogens (tertiary/aromatic N) is 4. The van der Waals surface area contributed by atoms with Crippen LogP contribution >= 0.6 is 22.9 Å². The van der Waals surface area contributed by atoms with E-state index in [0.717, 1.165) is 54.9 Å². The van der Waals surface area contributed by atoms with E-state index in [1.807, 2.05) is 49.4 Å². The van der Waals surface area contributed by atoms with Crippen molar-refractivity contribution in [2.45, 2.75) is 20.3 Å². The SMILES string of the molecule is C=C/C(=C\C(=C/C)c1ccc2[nH]nc(-c3nc4nccc(-c5ccc(Cl)s5)c4[nH]3)c2n1)NC(=C)CC. The maximum atomic E-state index is 6.17. The van der Waals surface area contributed by atoms with Gasteiger partial charge in [0.15, 0.2) is 17.2 Å². The molecule has 0 aliphatic heterocycles. The van der Waals surface area contributed by atoms with Crippen molar-refractivity contribution in [3.05, 3.63) is 89.3 Å². The maximum Gasteiger partial charge on any atom is 0.178 e. The normalized spacial score (nSPS) is 12.4. The van der Waals surface area contributed by atoms with E-state index in [1.54, 1.807) is 12.3 Å². The van der Waals surface area contributed by atoms with Gasteiger partial charge in [-0.05, 0) is 61.4 Å². The zero-order valence-corrected chi connectivity index (χ0v) is 21.5. The highest BCUT2D eigenvalue weighted by Crippen LogP contribution is 2.35. The van der Waals surface area contributed by atoms with Crippen LogP contribution in [0.15, 0.2) is 79.3 Å². The van der Waals surface area contributed by atoms with Crippen LogP contribution in [0.25, 0.3) is 49.7 Å². The van der Waals surface area contributed by atoms with Crippen molar-refractivity contribution in [1.82, 2.24) is 35.5 Å². The summed E-state index contributed by atoms with van der Waals surface area (Å²) in [5.74, 6) is 0.591. The fraction of sp³-hybridized carbons (Fsp3) is 0.111. The van der Waals surface area contributed by atoms with Crippen LogP contribution < -0.4 is 5.32 Å². The molecule has 0 amide bonds. The van der Waals surface area contributed by atoms with E-state index in [1.165, 1.54) is 11.3 Å². The Hall–Kier alpha value is -4.01. The molecular weight excluding hydrogens is 490 g/mol. The largest absolute Gasteiger partial charge is 0.359 e. The Bertz CT molecular complexity index is 1670. The number of allylic oxidation sites excluding steroid dienone is 5. The fourth-order valence-electron chi connectivity index (χ4n) is 3.82. The van der Waals surface area contributed by atoms with Crippen LogP contribution in [0.5, 0.6) is 0 Å². The quantitative estimate of drug-likeness (QED) is 0.190. The standard InChI is InChI=1S/C27H24ClN7S/c1-5-15(4)30-17(7-3)14-16(6-2)19-8-9-20-24(31-19)25(35-34-20)27-32-23-18(12-13-29-26(23)33-27)21-10-11-22(28)36-21/h6-14,30H,3-5H2,1-2H3,(H,34,35)(H,29,32,33)/b16-6+,17-14+. The number of hydrogen-bond acceptors (Lipinski definition) is 6. The van der Waals surface area contributed by atoms with Crippen molar-refractivity contribution in [2.75, 3.05) is 0 Å². The Balaban J connectivity index is 1.57. The third kappa shape index (κ3) is 4.48. The molecule has 0 aromatic carbocycles. The minimum absolute atomic E-state index is 0.591. The van der Waals surface area contributed by atoms with Gasteiger partial charge in [0.2, 0.25) is 0 Å². The van der Waals surface area contributed by atoms with Crippen LogP contribution in [0.4, 0.5) is 0 Å². The molecule has 0 fully saturated rings. The minimum atomic E-state index is 0.591. The zero-order chi connectivity index (χ0) is 25.2. The van der Waals surface area contributed by atoms with Gasteiger partial charge < -0.3 is 10.3 Å². The highest BCUT2D eigenvalue weighted by Gasteiger charge is 2.18. The Labute approximate surface area is 217 Å². The van der Waals surface area contributed by atoms with E-state index in [2.05, 4.69) is 45.6 Å². The third-order valence-electron chi connectivity index (χ3n) is 5.75. The topological polar surface area (TPSA) is 95.2 Å². The second-order valence-corrected chi connectivity index (χ2v) is 9.76. The summed E-state index contributed by atoms with van der Waals surface area (Å²) in [4.78, 5) is 18.5. The first kappa shape index (κ1) is 23.7. The van der Waals surface area contributed by atoms with E-state index < -0.39 is 0 Å². The van der Waals surface area contributed by atoms with Gasteiger partial charge in [-0.3, -0.25) is 5.10 Å². The van der Waals surface area contributed by atoms with Crippen LogP contribution in [-0.4, -0.2) is 30.1 Å². The zero-order valence-electron chi connectivity index (χ0n) is 19.9. The van der Waals surface area contributed by atoms with E-state index in [0.29, 0.717) is 22.7 Å². The molecule has 5 aromatic heterocycles. The predicted molar refractivity (Wildman–Crippen MR) is 150 cm³/mol. The van der Waals surface area contributed by atoms with E-state index >= 15 is 0 Å².